The molecular formula is C23H25N3O2. The number of nitrogens with one attached hydrogen (secondary N) is 1. The van der Waals surface area contributed by atoms with Gasteiger partial charge in [-0.2, -0.15) is 5.10 Å². The molecule has 4 rings (SSSR count). The van der Waals surface area contributed by atoms with Crippen LogP contribution in [0, 0.1) is 0 Å². The molecule has 1 heterocycles. The van der Waals surface area contributed by atoms with Crippen molar-refractivity contribution < 1.29 is 9.53 Å². The lowest BCUT2D eigenvalue weighted by atomic mass is 9.87. The molecule has 0 bridgehead atoms. The number of rotatable bonds is 3. The van der Waals surface area contributed by atoms with Crippen molar-refractivity contribution in [2.75, 3.05) is 5.32 Å². The average molecular weight is 375 g/mol. The minimum absolute atomic E-state index is 0.0591. The standard InChI is InChI=1S/C23H25N3O2/c1-23(2,3)16-12-14-18(15-13-16)28-22(27)24-21-19-10-7-11-20(19)25-26(21)17-8-5-4-6-9-17/h4-6,8-9,12-15H,7,10-11H2,1-3H3,(H,24,27). The Kier molecular flexibility index (Phi) is 4.67. The lowest BCUT2D eigenvalue weighted by molar-refractivity contribution is 0.215. The van der Waals surface area contributed by atoms with Crippen LogP contribution in [0.1, 0.15) is 44.0 Å². The lowest BCUT2D eigenvalue weighted by Crippen LogP contribution is -2.20. The van der Waals surface area contributed by atoms with Crippen molar-refractivity contribution in [1.82, 2.24) is 9.78 Å². The van der Waals surface area contributed by atoms with Crippen molar-refractivity contribution in [3.63, 3.8) is 0 Å². The number of hydrogen-bond donors (Lipinski definition) is 1. The topological polar surface area (TPSA) is 56.1 Å². The first-order valence-electron chi connectivity index (χ1n) is 9.67. The molecule has 144 valence electrons. The van der Waals surface area contributed by atoms with E-state index in [9.17, 15) is 4.79 Å². The van der Waals surface area contributed by atoms with E-state index in [0.29, 0.717) is 11.6 Å². The average Bonchev–Trinajstić information content (AvgIpc) is 3.25. The maximum Gasteiger partial charge on any atom is 0.418 e. The smallest absolute Gasteiger partial charge is 0.410 e. The predicted molar refractivity (Wildman–Crippen MR) is 110 cm³/mol. The van der Waals surface area contributed by atoms with E-state index in [0.717, 1.165) is 36.2 Å². The molecular weight excluding hydrogens is 350 g/mol. The van der Waals surface area contributed by atoms with Gasteiger partial charge < -0.3 is 4.74 Å². The van der Waals surface area contributed by atoms with E-state index >= 15 is 0 Å². The van der Waals surface area contributed by atoms with Crippen LogP contribution in [0.25, 0.3) is 5.69 Å². The third-order valence-corrected chi connectivity index (χ3v) is 5.06. The molecule has 1 aliphatic rings. The Bertz CT molecular complexity index is 983. The summed E-state index contributed by atoms with van der Waals surface area (Å²) >= 11 is 0. The van der Waals surface area contributed by atoms with Crippen LogP contribution < -0.4 is 10.1 Å². The summed E-state index contributed by atoms with van der Waals surface area (Å²) in [7, 11) is 0. The van der Waals surface area contributed by atoms with Crippen molar-refractivity contribution in [2.45, 2.75) is 45.4 Å². The van der Waals surface area contributed by atoms with Crippen LogP contribution in [-0.4, -0.2) is 15.9 Å². The molecule has 0 radical (unpaired) electrons. The fourth-order valence-electron chi connectivity index (χ4n) is 3.53. The van der Waals surface area contributed by atoms with Gasteiger partial charge in [0.25, 0.3) is 0 Å². The molecule has 0 saturated heterocycles. The highest BCUT2D eigenvalue weighted by Gasteiger charge is 2.24. The zero-order valence-corrected chi connectivity index (χ0v) is 16.5. The second kappa shape index (κ2) is 7.15. The van der Waals surface area contributed by atoms with Crippen LogP contribution in [0.3, 0.4) is 0 Å². The van der Waals surface area contributed by atoms with Crippen LogP contribution >= 0.6 is 0 Å². The van der Waals surface area contributed by atoms with Crippen LogP contribution in [0.4, 0.5) is 10.6 Å². The highest BCUT2D eigenvalue weighted by atomic mass is 16.6. The second-order valence-corrected chi connectivity index (χ2v) is 8.16. The number of carbonyl (C=O) groups excluding carboxylic acids is 1. The van der Waals surface area contributed by atoms with Gasteiger partial charge in [-0.1, -0.05) is 51.1 Å². The molecule has 0 atom stereocenters. The first kappa shape index (κ1) is 18.3. The second-order valence-electron chi connectivity index (χ2n) is 8.16. The number of para-hydroxylation sites is 1. The van der Waals surface area contributed by atoms with Gasteiger partial charge in [-0.3, -0.25) is 5.32 Å². The van der Waals surface area contributed by atoms with Crippen LogP contribution in [-0.2, 0) is 18.3 Å². The maximum atomic E-state index is 12.6. The van der Waals surface area contributed by atoms with Crippen LogP contribution in [0.2, 0.25) is 0 Å². The number of aryl methyl sites for hydroxylation is 1. The number of amides is 1. The molecule has 0 fully saturated rings. The van der Waals surface area contributed by atoms with Crippen molar-refractivity contribution in [3.05, 3.63) is 71.4 Å². The van der Waals surface area contributed by atoms with Crippen LogP contribution in [0.5, 0.6) is 5.75 Å². The zero-order valence-electron chi connectivity index (χ0n) is 16.5. The Morgan fingerprint density at radius 2 is 1.75 bits per heavy atom. The molecule has 1 aromatic heterocycles. The highest BCUT2D eigenvalue weighted by Crippen LogP contribution is 2.31. The molecule has 0 spiro atoms. The normalized spacial score (nSPS) is 13.2. The summed E-state index contributed by atoms with van der Waals surface area (Å²) in [6.07, 6.45) is 2.41. The largest absolute Gasteiger partial charge is 0.418 e. The summed E-state index contributed by atoms with van der Waals surface area (Å²) < 4.78 is 7.31. The van der Waals surface area contributed by atoms with E-state index in [-0.39, 0.29) is 5.41 Å². The Balaban J connectivity index is 1.55. The minimum atomic E-state index is -0.504. The monoisotopic (exact) mass is 375 g/mol. The molecule has 2 aromatic carbocycles. The number of ether oxygens (including phenoxy) is 1. The third-order valence-electron chi connectivity index (χ3n) is 5.06. The Morgan fingerprint density at radius 3 is 2.43 bits per heavy atom. The Morgan fingerprint density at radius 1 is 1.04 bits per heavy atom. The summed E-state index contributed by atoms with van der Waals surface area (Å²) in [6, 6.07) is 17.5. The first-order chi connectivity index (χ1) is 13.4. The molecule has 0 aliphatic heterocycles. The van der Waals surface area contributed by atoms with Gasteiger partial charge in [-0.15, -0.1) is 0 Å². The molecule has 1 amide bonds. The number of benzene rings is 2. The van der Waals surface area contributed by atoms with E-state index in [1.54, 1.807) is 4.68 Å². The molecule has 0 saturated carbocycles. The van der Waals surface area contributed by atoms with Gasteiger partial charge in [0.2, 0.25) is 0 Å². The summed E-state index contributed by atoms with van der Waals surface area (Å²) in [5.74, 6) is 1.22. The molecule has 1 aliphatic carbocycles. The fraction of sp³-hybridized carbons (Fsp3) is 0.304. The molecule has 5 nitrogen and oxygen atoms in total. The van der Waals surface area contributed by atoms with E-state index in [1.165, 1.54) is 5.56 Å². The van der Waals surface area contributed by atoms with Gasteiger partial charge in [0.05, 0.1) is 11.4 Å². The predicted octanol–water partition coefficient (Wildman–Crippen LogP) is 5.27. The molecule has 5 heteroatoms. The summed E-state index contributed by atoms with van der Waals surface area (Å²) in [5, 5.41) is 7.63. The van der Waals surface area contributed by atoms with Crippen molar-refractivity contribution in [2.24, 2.45) is 0 Å². The fourth-order valence-corrected chi connectivity index (χ4v) is 3.53. The summed E-state index contributed by atoms with van der Waals surface area (Å²) in [4.78, 5) is 12.6. The zero-order chi connectivity index (χ0) is 19.7. The van der Waals surface area contributed by atoms with E-state index in [2.05, 4.69) is 26.1 Å². The van der Waals surface area contributed by atoms with Gasteiger partial charge in [-0.05, 0) is 54.5 Å². The summed E-state index contributed by atoms with van der Waals surface area (Å²) in [6.45, 7) is 6.46. The molecule has 3 aromatic rings. The SMILES string of the molecule is CC(C)(C)c1ccc(OC(=O)Nc2c3c(nn2-c2ccccc2)CCC3)cc1. The van der Waals surface area contributed by atoms with Gasteiger partial charge >= 0.3 is 6.09 Å². The van der Waals surface area contributed by atoms with E-state index < -0.39 is 6.09 Å². The first-order valence-corrected chi connectivity index (χ1v) is 9.67. The molecule has 1 N–H and O–H groups in total. The van der Waals surface area contributed by atoms with E-state index in [1.807, 2.05) is 54.6 Å². The number of fused-ring (bicyclic) bond motifs is 1. The highest BCUT2D eigenvalue weighted by molar-refractivity contribution is 5.87. The molecule has 0 unspecified atom stereocenters. The molecule has 28 heavy (non-hydrogen) atoms. The summed E-state index contributed by atoms with van der Waals surface area (Å²) in [5.41, 5.74) is 4.32. The van der Waals surface area contributed by atoms with Gasteiger partial charge in [0.15, 0.2) is 0 Å². The number of carbonyl (C=O) groups is 1. The third kappa shape index (κ3) is 3.65. The number of hydrogen-bond acceptors (Lipinski definition) is 3. The van der Waals surface area contributed by atoms with Crippen LogP contribution in [0.15, 0.2) is 54.6 Å². The van der Waals surface area contributed by atoms with Crippen molar-refractivity contribution in [3.8, 4) is 11.4 Å². The van der Waals surface area contributed by atoms with Crippen molar-refractivity contribution >= 4 is 11.9 Å². The quantitative estimate of drug-likeness (QED) is 0.678. The van der Waals surface area contributed by atoms with Gasteiger partial charge in [0, 0.05) is 5.56 Å². The Hall–Kier alpha value is -3.08. The Labute approximate surface area is 165 Å². The van der Waals surface area contributed by atoms with Gasteiger partial charge in [0.1, 0.15) is 11.6 Å². The van der Waals surface area contributed by atoms with Crippen molar-refractivity contribution in [1.29, 1.82) is 0 Å². The van der Waals surface area contributed by atoms with Gasteiger partial charge in [-0.25, -0.2) is 9.48 Å². The number of anilines is 1. The minimum Gasteiger partial charge on any atom is -0.410 e. The number of aromatic nitrogens is 2. The lowest BCUT2D eigenvalue weighted by Gasteiger charge is -2.19. The van der Waals surface area contributed by atoms with E-state index in [4.69, 9.17) is 9.84 Å². The maximum absolute atomic E-state index is 12.6. The number of nitrogens with zero attached hydrogens (tertiary/aromatic N) is 2.